The predicted molar refractivity (Wildman–Crippen MR) is 130 cm³/mol. The number of carbonyl (C=O) groups is 2. The summed E-state index contributed by atoms with van der Waals surface area (Å²) in [5.74, 6) is 6.65. The van der Waals surface area contributed by atoms with E-state index in [1.165, 1.54) is 0 Å². The number of rotatable bonds is 6. The second-order valence-corrected chi connectivity index (χ2v) is 9.08. The Kier molecular flexibility index (Phi) is 7.38. The summed E-state index contributed by atoms with van der Waals surface area (Å²) in [4.78, 5) is 30.6. The Hall–Kier alpha value is -3.82. The molecule has 0 aliphatic carbocycles. The van der Waals surface area contributed by atoms with Crippen LogP contribution in [0.15, 0.2) is 18.3 Å². The molecule has 35 heavy (non-hydrogen) atoms. The number of nitrogens with two attached hydrogens (primary N) is 1. The van der Waals surface area contributed by atoms with Crippen molar-refractivity contribution in [2.24, 2.45) is 11.7 Å². The SMILES string of the molecule is CC(C)Oc1cc2c(O[C@@H]3CCCN(C(=O)CC#N)C3)ncc(C#CC3CNC3)c2cc1C(N)=O. The molecule has 3 heterocycles. The third-order valence-corrected chi connectivity index (χ3v) is 6.01. The number of nitrogens with one attached hydrogen (secondary N) is 1. The number of hydrogen-bond donors (Lipinski definition) is 2. The van der Waals surface area contributed by atoms with Crippen molar-refractivity contribution in [3.05, 3.63) is 29.5 Å². The number of ether oxygens (including phenoxy) is 2. The molecule has 1 aromatic carbocycles. The lowest BCUT2D eigenvalue weighted by Gasteiger charge is -2.32. The molecule has 4 rings (SSSR count). The largest absolute Gasteiger partial charge is 0.490 e. The van der Waals surface area contributed by atoms with E-state index in [0.717, 1.165) is 25.9 Å². The lowest BCUT2D eigenvalue weighted by atomic mass is 10.0. The van der Waals surface area contributed by atoms with Crippen molar-refractivity contribution in [3.63, 3.8) is 0 Å². The fraction of sp³-hybridized carbons (Fsp3) is 0.462. The number of amides is 2. The van der Waals surface area contributed by atoms with Crippen LogP contribution >= 0.6 is 0 Å². The van der Waals surface area contributed by atoms with E-state index < -0.39 is 5.91 Å². The number of primary amides is 1. The monoisotopic (exact) mass is 475 g/mol. The molecule has 0 unspecified atom stereocenters. The van der Waals surface area contributed by atoms with E-state index >= 15 is 0 Å². The first kappa shape index (κ1) is 24.3. The second kappa shape index (κ2) is 10.6. The first-order valence-corrected chi connectivity index (χ1v) is 11.8. The molecule has 0 saturated carbocycles. The van der Waals surface area contributed by atoms with E-state index in [1.807, 2.05) is 19.9 Å². The van der Waals surface area contributed by atoms with Crippen LogP contribution in [0, 0.1) is 29.1 Å². The van der Waals surface area contributed by atoms with Gasteiger partial charge in [-0.1, -0.05) is 11.8 Å². The molecule has 0 radical (unpaired) electrons. The van der Waals surface area contributed by atoms with Crippen LogP contribution in [0.1, 0.15) is 49.0 Å². The number of nitriles is 1. The van der Waals surface area contributed by atoms with Gasteiger partial charge >= 0.3 is 0 Å². The van der Waals surface area contributed by atoms with Gasteiger partial charge in [-0.2, -0.15) is 5.26 Å². The normalized spacial score (nSPS) is 17.8. The number of nitrogens with zero attached hydrogens (tertiary/aromatic N) is 3. The van der Waals surface area contributed by atoms with Crippen LogP contribution in [0.3, 0.4) is 0 Å². The van der Waals surface area contributed by atoms with E-state index in [0.29, 0.717) is 41.1 Å². The summed E-state index contributed by atoms with van der Waals surface area (Å²) in [6.07, 6.45) is 2.58. The molecule has 3 N–H and O–H groups in total. The highest BCUT2D eigenvalue weighted by atomic mass is 16.5. The molecule has 182 valence electrons. The van der Waals surface area contributed by atoms with Crippen LogP contribution in [0.2, 0.25) is 0 Å². The van der Waals surface area contributed by atoms with Gasteiger partial charge in [0.15, 0.2) is 0 Å². The average molecular weight is 476 g/mol. The van der Waals surface area contributed by atoms with Crippen molar-refractivity contribution in [1.82, 2.24) is 15.2 Å². The zero-order valence-corrected chi connectivity index (χ0v) is 20.0. The number of benzene rings is 1. The Bertz CT molecular complexity index is 1240. The van der Waals surface area contributed by atoms with Crippen LogP contribution < -0.4 is 20.5 Å². The number of piperidine rings is 1. The minimum absolute atomic E-state index is 0.149. The van der Waals surface area contributed by atoms with Crippen molar-refractivity contribution < 1.29 is 19.1 Å². The standard InChI is InChI=1S/C26H29N5O4/c1-16(2)34-23-11-21-20(10-22(23)25(28)33)18(6-5-17-12-29-13-17)14-30-26(21)35-19-4-3-9-31(15-19)24(32)7-8-27/h10-11,14,16-17,19,29H,3-4,7,9,12-13,15H2,1-2H3,(H2,28,33)/t19-/m1/s1. The first-order valence-electron chi connectivity index (χ1n) is 11.8. The molecule has 0 spiro atoms. The van der Waals surface area contributed by atoms with Gasteiger partial charge in [0.1, 0.15) is 18.3 Å². The molecular formula is C26H29N5O4. The van der Waals surface area contributed by atoms with Gasteiger partial charge in [-0.3, -0.25) is 9.59 Å². The lowest BCUT2D eigenvalue weighted by Crippen LogP contribution is -2.44. The summed E-state index contributed by atoms with van der Waals surface area (Å²) in [5, 5.41) is 13.4. The Morgan fingerprint density at radius 2 is 2.11 bits per heavy atom. The van der Waals surface area contributed by atoms with Crippen molar-refractivity contribution in [1.29, 1.82) is 5.26 Å². The van der Waals surface area contributed by atoms with Gasteiger partial charge in [0.2, 0.25) is 11.8 Å². The first-order chi connectivity index (χ1) is 16.9. The van der Waals surface area contributed by atoms with E-state index in [4.69, 9.17) is 20.5 Å². The molecule has 2 aliphatic rings. The quantitative estimate of drug-likeness (QED) is 0.611. The number of aromatic nitrogens is 1. The molecule has 9 nitrogen and oxygen atoms in total. The Labute approximate surface area is 204 Å². The fourth-order valence-electron chi connectivity index (χ4n) is 4.15. The zero-order chi connectivity index (χ0) is 24.9. The average Bonchev–Trinajstić information content (AvgIpc) is 2.79. The van der Waals surface area contributed by atoms with E-state index in [-0.39, 0.29) is 36.0 Å². The summed E-state index contributed by atoms with van der Waals surface area (Å²) in [6.45, 7) is 6.42. The molecular weight excluding hydrogens is 446 g/mol. The Morgan fingerprint density at radius 3 is 2.77 bits per heavy atom. The van der Waals surface area contributed by atoms with Crippen molar-refractivity contribution in [3.8, 4) is 29.5 Å². The number of likely N-dealkylation sites (tertiary alicyclic amines) is 1. The Morgan fingerprint density at radius 1 is 1.31 bits per heavy atom. The van der Waals surface area contributed by atoms with Gasteiger partial charge in [0.25, 0.3) is 5.91 Å². The summed E-state index contributed by atoms with van der Waals surface area (Å²) in [6, 6.07) is 5.33. The highest BCUT2D eigenvalue weighted by molar-refractivity contribution is 6.03. The molecule has 2 aliphatic heterocycles. The second-order valence-electron chi connectivity index (χ2n) is 9.08. The third kappa shape index (κ3) is 5.64. The summed E-state index contributed by atoms with van der Waals surface area (Å²) >= 11 is 0. The van der Waals surface area contributed by atoms with Gasteiger partial charge in [0.05, 0.1) is 29.8 Å². The van der Waals surface area contributed by atoms with Crippen LogP contribution in [-0.4, -0.2) is 60.1 Å². The highest BCUT2D eigenvalue weighted by Gasteiger charge is 2.26. The maximum atomic E-state index is 12.2. The molecule has 9 heteroatoms. The van der Waals surface area contributed by atoms with Crippen molar-refractivity contribution in [2.75, 3.05) is 26.2 Å². The number of fused-ring (bicyclic) bond motifs is 1. The van der Waals surface area contributed by atoms with E-state index in [9.17, 15) is 9.59 Å². The van der Waals surface area contributed by atoms with Gasteiger partial charge in [0, 0.05) is 42.5 Å². The molecule has 2 fully saturated rings. The third-order valence-electron chi connectivity index (χ3n) is 6.01. The summed E-state index contributed by atoms with van der Waals surface area (Å²) in [5.41, 5.74) is 6.61. The predicted octanol–water partition coefficient (Wildman–Crippen LogP) is 1.98. The molecule has 2 aromatic rings. The highest BCUT2D eigenvalue weighted by Crippen LogP contribution is 2.34. The van der Waals surface area contributed by atoms with E-state index in [1.54, 1.807) is 23.2 Å². The maximum absolute atomic E-state index is 12.2. The number of pyridine rings is 1. The van der Waals surface area contributed by atoms with Gasteiger partial charge in [-0.05, 0) is 38.8 Å². The maximum Gasteiger partial charge on any atom is 0.252 e. The van der Waals surface area contributed by atoms with Crippen molar-refractivity contribution in [2.45, 2.75) is 45.3 Å². The van der Waals surface area contributed by atoms with Gasteiger partial charge in [-0.25, -0.2) is 4.98 Å². The van der Waals surface area contributed by atoms with Crippen LogP contribution in [0.4, 0.5) is 0 Å². The topological polar surface area (TPSA) is 131 Å². The van der Waals surface area contributed by atoms with Gasteiger partial charge < -0.3 is 25.4 Å². The van der Waals surface area contributed by atoms with Crippen LogP contribution in [-0.2, 0) is 4.79 Å². The fourth-order valence-corrected chi connectivity index (χ4v) is 4.15. The van der Waals surface area contributed by atoms with Crippen LogP contribution in [0.25, 0.3) is 10.8 Å². The number of carbonyl (C=O) groups excluding carboxylic acids is 2. The summed E-state index contributed by atoms with van der Waals surface area (Å²) < 4.78 is 12.2. The smallest absolute Gasteiger partial charge is 0.252 e. The molecule has 2 saturated heterocycles. The molecule has 0 bridgehead atoms. The Balaban J connectivity index is 1.73. The zero-order valence-electron chi connectivity index (χ0n) is 20.0. The number of hydrogen-bond acceptors (Lipinski definition) is 7. The molecule has 2 amide bonds. The van der Waals surface area contributed by atoms with Gasteiger partial charge in [-0.15, -0.1) is 0 Å². The molecule has 1 aromatic heterocycles. The van der Waals surface area contributed by atoms with E-state index in [2.05, 4.69) is 22.1 Å². The minimum Gasteiger partial charge on any atom is -0.490 e. The lowest BCUT2D eigenvalue weighted by molar-refractivity contribution is -0.132. The summed E-state index contributed by atoms with van der Waals surface area (Å²) in [7, 11) is 0. The van der Waals surface area contributed by atoms with Crippen LogP contribution in [0.5, 0.6) is 11.6 Å². The minimum atomic E-state index is -0.595. The molecule has 1 atom stereocenters. The van der Waals surface area contributed by atoms with Crippen molar-refractivity contribution >= 4 is 22.6 Å².